The van der Waals surface area contributed by atoms with Crippen LogP contribution in [0.5, 0.6) is 0 Å². The summed E-state index contributed by atoms with van der Waals surface area (Å²) in [5, 5.41) is 0. The maximum atomic E-state index is 2.56. The van der Waals surface area contributed by atoms with Crippen molar-refractivity contribution in [1.82, 2.24) is 0 Å². The Morgan fingerprint density at radius 1 is 0.606 bits per heavy atom. The predicted octanol–water partition coefficient (Wildman–Crippen LogP) is 10.9. The Balaban J connectivity index is 1.33. The molecule has 0 bridgehead atoms. The van der Waals surface area contributed by atoms with Gasteiger partial charge in [0.2, 0.25) is 0 Å². The lowest BCUT2D eigenvalue weighted by Gasteiger charge is -2.30. The van der Waals surface area contributed by atoms with Gasteiger partial charge < -0.3 is 0 Å². The number of unbranched alkanes of at least 4 members (excludes halogenated alkanes) is 6. The number of aryl methyl sites for hydroxylation is 2. The highest BCUT2D eigenvalue weighted by Crippen LogP contribution is 2.39. The topological polar surface area (TPSA) is 0 Å². The van der Waals surface area contributed by atoms with E-state index in [-0.39, 0.29) is 0 Å². The first-order chi connectivity index (χ1) is 16.2. The van der Waals surface area contributed by atoms with Crippen LogP contribution in [0, 0.1) is 24.7 Å². The van der Waals surface area contributed by atoms with Crippen molar-refractivity contribution in [3.05, 3.63) is 34.9 Å². The van der Waals surface area contributed by atoms with Crippen molar-refractivity contribution in [2.45, 2.75) is 155 Å². The van der Waals surface area contributed by atoms with E-state index in [1.807, 2.05) is 0 Å². The molecule has 0 nitrogen and oxygen atoms in total. The molecule has 0 aliphatic heterocycles. The van der Waals surface area contributed by atoms with Gasteiger partial charge in [0, 0.05) is 0 Å². The van der Waals surface area contributed by atoms with Crippen LogP contribution in [-0.2, 0) is 6.42 Å². The van der Waals surface area contributed by atoms with Crippen LogP contribution < -0.4 is 0 Å². The summed E-state index contributed by atoms with van der Waals surface area (Å²) < 4.78 is 0. The van der Waals surface area contributed by atoms with E-state index in [1.54, 1.807) is 16.7 Å². The molecule has 0 saturated heterocycles. The first-order valence-corrected chi connectivity index (χ1v) is 15.3. The Morgan fingerprint density at radius 3 is 1.82 bits per heavy atom. The van der Waals surface area contributed by atoms with Crippen LogP contribution in [0.4, 0.5) is 0 Å². The molecule has 0 atom stereocenters. The van der Waals surface area contributed by atoms with E-state index in [0.29, 0.717) is 0 Å². The minimum atomic E-state index is 0.830. The largest absolute Gasteiger partial charge is 0.0654 e. The molecule has 1 aromatic rings. The van der Waals surface area contributed by atoms with Crippen LogP contribution in [0.3, 0.4) is 0 Å². The molecule has 2 aliphatic rings. The summed E-state index contributed by atoms with van der Waals surface area (Å²) in [7, 11) is 0. The second-order valence-corrected chi connectivity index (χ2v) is 12.0. The van der Waals surface area contributed by atoms with Crippen molar-refractivity contribution in [3.8, 4) is 0 Å². The monoisotopic (exact) mass is 452 g/mol. The summed E-state index contributed by atoms with van der Waals surface area (Å²) in [6, 6.07) is 7.56. The zero-order chi connectivity index (χ0) is 23.3. The molecular weight excluding hydrogens is 396 g/mol. The van der Waals surface area contributed by atoms with E-state index in [9.17, 15) is 0 Å². The van der Waals surface area contributed by atoms with Crippen LogP contribution in [0.25, 0.3) is 0 Å². The fourth-order valence-electron chi connectivity index (χ4n) is 7.00. The SMILES string of the molecule is CCCCCCCCCC1CCC(c2ccc(CCC3CCC(CCC)CC3)c(C)c2)CC1. The number of hydrogen-bond donors (Lipinski definition) is 0. The van der Waals surface area contributed by atoms with Crippen molar-refractivity contribution in [1.29, 1.82) is 0 Å². The van der Waals surface area contributed by atoms with Gasteiger partial charge in [0.15, 0.2) is 0 Å². The highest BCUT2D eigenvalue weighted by Gasteiger charge is 2.23. The third-order valence-corrected chi connectivity index (χ3v) is 9.39. The molecule has 188 valence electrons. The van der Waals surface area contributed by atoms with Crippen LogP contribution in [0.15, 0.2) is 18.2 Å². The van der Waals surface area contributed by atoms with Crippen molar-refractivity contribution in [3.63, 3.8) is 0 Å². The molecule has 0 heteroatoms. The van der Waals surface area contributed by atoms with Gasteiger partial charge in [0.05, 0.1) is 0 Å². The molecule has 0 heterocycles. The molecule has 0 spiro atoms. The Kier molecular flexibility index (Phi) is 12.4. The van der Waals surface area contributed by atoms with Gasteiger partial charge in [-0.15, -0.1) is 0 Å². The molecule has 0 amide bonds. The summed E-state index contributed by atoms with van der Waals surface area (Å²) in [6.07, 6.45) is 29.0. The second kappa shape index (κ2) is 15.3. The predicted molar refractivity (Wildman–Crippen MR) is 147 cm³/mol. The van der Waals surface area contributed by atoms with Gasteiger partial charge in [-0.2, -0.15) is 0 Å². The standard InChI is InChI=1S/C33H56/c1-4-6-7-8-9-10-11-13-29-19-22-32(23-20-29)33-25-24-31(27(3)26-33)21-18-30-16-14-28(12-5-2)15-17-30/h24-26,28-30,32H,4-23H2,1-3H3. The van der Waals surface area contributed by atoms with Gasteiger partial charge in [0.1, 0.15) is 0 Å². The molecule has 2 aliphatic carbocycles. The molecule has 2 fully saturated rings. The highest BCUT2D eigenvalue weighted by atomic mass is 14.3. The van der Waals surface area contributed by atoms with E-state index in [1.165, 1.54) is 128 Å². The number of benzene rings is 1. The van der Waals surface area contributed by atoms with Crippen molar-refractivity contribution in [2.75, 3.05) is 0 Å². The van der Waals surface area contributed by atoms with Crippen LogP contribution in [0.1, 0.15) is 158 Å². The number of rotatable bonds is 14. The molecule has 3 rings (SSSR count). The van der Waals surface area contributed by atoms with Gasteiger partial charge in [-0.1, -0.05) is 122 Å². The van der Waals surface area contributed by atoms with Crippen LogP contribution >= 0.6 is 0 Å². The normalized spacial score (nSPS) is 25.9. The van der Waals surface area contributed by atoms with Crippen LogP contribution in [-0.4, -0.2) is 0 Å². The van der Waals surface area contributed by atoms with Gasteiger partial charge >= 0.3 is 0 Å². The average Bonchev–Trinajstić information content (AvgIpc) is 2.84. The summed E-state index contributed by atoms with van der Waals surface area (Å²) in [5.41, 5.74) is 4.84. The van der Waals surface area contributed by atoms with Crippen molar-refractivity contribution >= 4 is 0 Å². The molecule has 33 heavy (non-hydrogen) atoms. The molecule has 1 aromatic carbocycles. The minimum absolute atomic E-state index is 0.830. The van der Waals surface area contributed by atoms with E-state index in [2.05, 4.69) is 39.0 Å². The number of hydrogen-bond acceptors (Lipinski definition) is 0. The average molecular weight is 453 g/mol. The fraction of sp³-hybridized carbons (Fsp3) is 0.818. The molecule has 0 unspecified atom stereocenters. The van der Waals surface area contributed by atoms with Gasteiger partial charge in [-0.25, -0.2) is 0 Å². The summed E-state index contributed by atoms with van der Waals surface area (Å²) in [4.78, 5) is 0. The Hall–Kier alpha value is -0.780. The summed E-state index contributed by atoms with van der Waals surface area (Å²) in [5.74, 6) is 3.88. The first-order valence-electron chi connectivity index (χ1n) is 15.3. The van der Waals surface area contributed by atoms with Crippen molar-refractivity contribution in [2.24, 2.45) is 17.8 Å². The fourth-order valence-corrected chi connectivity index (χ4v) is 7.00. The Morgan fingerprint density at radius 2 is 1.18 bits per heavy atom. The molecular formula is C33H56. The lowest BCUT2D eigenvalue weighted by molar-refractivity contribution is 0.252. The Bertz CT molecular complexity index is 627. The molecule has 2 saturated carbocycles. The van der Waals surface area contributed by atoms with Crippen LogP contribution in [0.2, 0.25) is 0 Å². The van der Waals surface area contributed by atoms with Gasteiger partial charge in [-0.3, -0.25) is 0 Å². The minimum Gasteiger partial charge on any atom is -0.0654 e. The molecule has 0 N–H and O–H groups in total. The quantitative estimate of drug-likeness (QED) is 0.246. The molecule has 0 radical (unpaired) electrons. The second-order valence-electron chi connectivity index (χ2n) is 12.0. The van der Waals surface area contributed by atoms with Crippen molar-refractivity contribution < 1.29 is 0 Å². The van der Waals surface area contributed by atoms with Gasteiger partial charge in [-0.05, 0) is 85.8 Å². The van der Waals surface area contributed by atoms with Gasteiger partial charge in [0.25, 0.3) is 0 Å². The zero-order valence-electron chi connectivity index (χ0n) is 22.7. The summed E-state index contributed by atoms with van der Waals surface area (Å²) >= 11 is 0. The van der Waals surface area contributed by atoms with E-state index < -0.39 is 0 Å². The zero-order valence-corrected chi connectivity index (χ0v) is 22.7. The third-order valence-electron chi connectivity index (χ3n) is 9.39. The third kappa shape index (κ3) is 9.41. The Labute approximate surface area is 207 Å². The maximum Gasteiger partial charge on any atom is -0.0162 e. The first kappa shape index (κ1) is 26.8. The maximum absolute atomic E-state index is 2.56. The smallest absolute Gasteiger partial charge is 0.0162 e. The highest BCUT2D eigenvalue weighted by molar-refractivity contribution is 5.33. The van der Waals surface area contributed by atoms with E-state index in [4.69, 9.17) is 0 Å². The molecule has 0 aromatic heterocycles. The lowest BCUT2D eigenvalue weighted by Crippen LogP contribution is -2.15. The van der Waals surface area contributed by atoms with E-state index in [0.717, 1.165) is 23.7 Å². The lowest BCUT2D eigenvalue weighted by atomic mass is 9.76. The van der Waals surface area contributed by atoms with E-state index >= 15 is 0 Å². The summed E-state index contributed by atoms with van der Waals surface area (Å²) in [6.45, 7) is 7.04.